The van der Waals surface area contributed by atoms with Crippen LogP contribution in [0.25, 0.3) is 0 Å². The maximum atomic E-state index is 12.9. The number of rotatable bonds is 3. The molecule has 4 rings (SSSR count). The summed E-state index contributed by atoms with van der Waals surface area (Å²) in [5.41, 5.74) is -0.126. The van der Waals surface area contributed by atoms with Crippen LogP contribution < -0.4 is 10.0 Å². The molecule has 1 atom stereocenters. The number of sulfonamides is 1. The predicted molar refractivity (Wildman–Crippen MR) is 105 cm³/mol. The van der Waals surface area contributed by atoms with E-state index in [0.717, 1.165) is 5.82 Å². The van der Waals surface area contributed by atoms with Gasteiger partial charge in [-0.25, -0.2) is 13.4 Å². The van der Waals surface area contributed by atoms with Crippen molar-refractivity contribution in [3.63, 3.8) is 0 Å². The van der Waals surface area contributed by atoms with E-state index in [9.17, 15) is 13.2 Å². The summed E-state index contributed by atoms with van der Waals surface area (Å²) in [4.78, 5) is 19.2. The summed E-state index contributed by atoms with van der Waals surface area (Å²) in [5.74, 6) is 0.803. The highest BCUT2D eigenvalue weighted by molar-refractivity contribution is 7.89. The molecule has 1 saturated heterocycles. The number of para-hydroxylation sites is 1. The zero-order chi connectivity index (χ0) is 19.9. The average molecular weight is 404 g/mol. The number of anilines is 1. The maximum Gasteiger partial charge on any atom is 0.244 e. The van der Waals surface area contributed by atoms with Crippen LogP contribution in [0.15, 0.2) is 41.6 Å². The number of amides is 1. The predicted octanol–water partition coefficient (Wildman–Crippen LogP) is 1.55. The quantitative estimate of drug-likeness (QED) is 0.811. The Kier molecular flexibility index (Phi) is 4.67. The minimum Gasteiger partial charge on any atom is -0.365 e. The number of carbonyl (C=O) groups is 1. The molecular formula is C19H25N5O3S. The second-order valence-corrected chi connectivity index (χ2v) is 9.31. The van der Waals surface area contributed by atoms with E-state index in [4.69, 9.17) is 0 Å². The summed E-state index contributed by atoms with van der Waals surface area (Å²) in [5, 5.41) is 3.36. The third kappa shape index (κ3) is 3.40. The van der Waals surface area contributed by atoms with Crippen LogP contribution >= 0.6 is 0 Å². The van der Waals surface area contributed by atoms with Crippen molar-refractivity contribution in [2.45, 2.75) is 43.8 Å². The van der Waals surface area contributed by atoms with Crippen LogP contribution in [0.1, 0.15) is 25.6 Å². The molecule has 2 aliphatic rings. The monoisotopic (exact) mass is 403 g/mol. The number of carbonyl (C=O) groups excluding carboxylic acids is 1. The SMILES string of the molecule is Cc1nccn1CC(C)C(=O)N1CCC2(CC1)Nc1ccccc1S(=O)(=O)N2. The van der Waals surface area contributed by atoms with E-state index in [-0.39, 0.29) is 16.7 Å². The first kappa shape index (κ1) is 18.9. The molecule has 3 heterocycles. The summed E-state index contributed by atoms with van der Waals surface area (Å²) in [7, 11) is -3.57. The fourth-order valence-electron chi connectivity index (χ4n) is 4.02. The molecule has 2 N–H and O–H groups in total. The Morgan fingerprint density at radius 3 is 2.68 bits per heavy atom. The zero-order valence-corrected chi connectivity index (χ0v) is 16.9. The number of likely N-dealkylation sites (tertiary alicyclic amines) is 1. The van der Waals surface area contributed by atoms with Crippen molar-refractivity contribution < 1.29 is 13.2 Å². The summed E-state index contributed by atoms with van der Waals surface area (Å²) in [6, 6.07) is 6.90. The smallest absolute Gasteiger partial charge is 0.244 e. The van der Waals surface area contributed by atoms with Gasteiger partial charge in [0.25, 0.3) is 0 Å². The second-order valence-electron chi connectivity index (χ2n) is 7.66. The van der Waals surface area contributed by atoms with Crippen LogP contribution in [0.2, 0.25) is 0 Å². The summed E-state index contributed by atoms with van der Waals surface area (Å²) >= 11 is 0. The van der Waals surface area contributed by atoms with Crippen molar-refractivity contribution in [1.82, 2.24) is 19.2 Å². The molecule has 8 nitrogen and oxygen atoms in total. The largest absolute Gasteiger partial charge is 0.365 e. The van der Waals surface area contributed by atoms with E-state index in [0.29, 0.717) is 38.2 Å². The van der Waals surface area contributed by atoms with Crippen molar-refractivity contribution in [2.75, 3.05) is 18.4 Å². The molecule has 1 aromatic heterocycles. The normalized spacial score (nSPS) is 21.0. The Balaban J connectivity index is 1.43. The first-order chi connectivity index (χ1) is 13.3. The molecule has 1 fully saturated rings. The number of fused-ring (bicyclic) bond motifs is 1. The van der Waals surface area contributed by atoms with Crippen LogP contribution in [-0.2, 0) is 21.4 Å². The highest BCUT2D eigenvalue weighted by atomic mass is 32.2. The second kappa shape index (κ2) is 6.89. The number of imidazole rings is 1. The molecule has 9 heteroatoms. The average Bonchev–Trinajstić information content (AvgIpc) is 3.06. The van der Waals surface area contributed by atoms with Gasteiger partial charge in [-0.15, -0.1) is 0 Å². The number of nitrogens with zero attached hydrogens (tertiary/aromatic N) is 3. The van der Waals surface area contributed by atoms with E-state index in [1.807, 2.05) is 35.6 Å². The topological polar surface area (TPSA) is 96.3 Å². The maximum absolute atomic E-state index is 12.9. The number of hydrogen-bond donors (Lipinski definition) is 2. The number of aryl methyl sites for hydroxylation is 1. The molecule has 0 bridgehead atoms. The first-order valence-corrected chi connectivity index (χ1v) is 11.0. The lowest BCUT2D eigenvalue weighted by Gasteiger charge is -2.46. The van der Waals surface area contributed by atoms with Crippen LogP contribution in [0, 0.1) is 12.8 Å². The number of nitrogens with one attached hydrogen (secondary N) is 2. The highest BCUT2D eigenvalue weighted by Crippen LogP contribution is 2.35. The number of hydrogen-bond acceptors (Lipinski definition) is 5. The molecule has 0 radical (unpaired) electrons. The Morgan fingerprint density at radius 1 is 1.29 bits per heavy atom. The lowest BCUT2D eigenvalue weighted by atomic mass is 9.96. The Labute approximate surface area is 165 Å². The van der Waals surface area contributed by atoms with Gasteiger partial charge in [-0.2, -0.15) is 4.72 Å². The van der Waals surface area contributed by atoms with Crippen molar-refractivity contribution in [1.29, 1.82) is 0 Å². The molecule has 1 spiro atoms. The molecule has 150 valence electrons. The van der Waals surface area contributed by atoms with Crippen molar-refractivity contribution >= 4 is 21.6 Å². The highest BCUT2D eigenvalue weighted by Gasteiger charge is 2.44. The van der Waals surface area contributed by atoms with E-state index in [1.165, 1.54) is 0 Å². The molecular weight excluding hydrogens is 378 g/mol. The Morgan fingerprint density at radius 2 is 2.00 bits per heavy atom. The summed E-state index contributed by atoms with van der Waals surface area (Å²) < 4.78 is 30.1. The van der Waals surface area contributed by atoms with Gasteiger partial charge in [0, 0.05) is 44.9 Å². The zero-order valence-electron chi connectivity index (χ0n) is 16.1. The molecule has 28 heavy (non-hydrogen) atoms. The van der Waals surface area contributed by atoms with E-state index in [2.05, 4.69) is 15.0 Å². The molecule has 1 amide bonds. The third-order valence-electron chi connectivity index (χ3n) is 5.62. The van der Waals surface area contributed by atoms with E-state index < -0.39 is 15.7 Å². The van der Waals surface area contributed by atoms with E-state index in [1.54, 1.807) is 24.4 Å². The Hall–Kier alpha value is -2.39. The van der Waals surface area contributed by atoms with Crippen LogP contribution in [0.3, 0.4) is 0 Å². The molecule has 1 unspecified atom stereocenters. The van der Waals surface area contributed by atoms with E-state index >= 15 is 0 Å². The standard InChI is InChI=1S/C19H25N5O3S/c1-14(13-24-12-9-20-15(24)2)18(25)23-10-7-19(8-11-23)21-16-5-3-4-6-17(16)28(26,27)22-19/h3-6,9,12,14,21-22H,7-8,10-11,13H2,1-2H3. The molecule has 2 aromatic rings. The Bertz CT molecular complexity index is 993. The van der Waals surface area contributed by atoms with Gasteiger partial charge in [0.2, 0.25) is 15.9 Å². The van der Waals surface area contributed by atoms with Crippen molar-refractivity contribution in [2.24, 2.45) is 5.92 Å². The first-order valence-electron chi connectivity index (χ1n) is 9.47. The van der Waals surface area contributed by atoms with Crippen molar-refractivity contribution in [3.8, 4) is 0 Å². The van der Waals surface area contributed by atoms with Crippen molar-refractivity contribution in [3.05, 3.63) is 42.5 Å². The van der Waals surface area contributed by atoms with Gasteiger partial charge in [-0.05, 0) is 19.1 Å². The molecule has 2 aliphatic heterocycles. The van der Waals surface area contributed by atoms with Gasteiger partial charge in [0.05, 0.1) is 11.6 Å². The van der Waals surface area contributed by atoms with Gasteiger partial charge in [-0.3, -0.25) is 4.79 Å². The lowest BCUT2D eigenvalue weighted by Crippen LogP contribution is -2.62. The number of aromatic nitrogens is 2. The van der Waals surface area contributed by atoms with Crippen LogP contribution in [-0.4, -0.2) is 47.5 Å². The lowest BCUT2D eigenvalue weighted by molar-refractivity contribution is -0.136. The van der Waals surface area contributed by atoms with Gasteiger partial charge < -0.3 is 14.8 Å². The minimum absolute atomic E-state index is 0.0852. The molecule has 0 saturated carbocycles. The van der Waals surface area contributed by atoms with Gasteiger partial charge >= 0.3 is 0 Å². The number of piperidine rings is 1. The fourth-order valence-corrected chi connectivity index (χ4v) is 5.56. The van der Waals surface area contributed by atoms with Crippen LogP contribution in [0.5, 0.6) is 0 Å². The van der Waals surface area contributed by atoms with Gasteiger partial charge in [-0.1, -0.05) is 19.1 Å². The third-order valence-corrected chi connectivity index (χ3v) is 7.22. The van der Waals surface area contributed by atoms with Gasteiger partial charge in [0.15, 0.2) is 0 Å². The minimum atomic E-state index is -3.57. The van der Waals surface area contributed by atoms with Gasteiger partial charge in [0.1, 0.15) is 16.4 Å². The number of benzene rings is 1. The fraction of sp³-hybridized carbons (Fsp3) is 0.474. The van der Waals surface area contributed by atoms with Crippen LogP contribution in [0.4, 0.5) is 5.69 Å². The molecule has 1 aromatic carbocycles. The molecule has 0 aliphatic carbocycles. The summed E-state index contributed by atoms with van der Waals surface area (Å²) in [6.45, 7) is 5.43. The summed E-state index contributed by atoms with van der Waals surface area (Å²) in [6.07, 6.45) is 4.64.